The molecule has 1 amide bonds. The van der Waals surface area contributed by atoms with Gasteiger partial charge in [-0.2, -0.15) is 0 Å². The van der Waals surface area contributed by atoms with Gasteiger partial charge in [-0.15, -0.1) is 0 Å². The molecule has 7 heteroatoms. The fraction of sp³-hybridized carbons (Fsp3) is 0. The molecule has 0 bridgehead atoms. The predicted octanol–water partition coefficient (Wildman–Crippen LogP) is 1.67. The van der Waals surface area contributed by atoms with Crippen LogP contribution in [0.15, 0.2) is 36.7 Å². The number of halogens is 1. The molecule has 0 saturated carbocycles. The zero-order valence-corrected chi connectivity index (χ0v) is 9.98. The molecule has 1 aromatic carbocycles. The van der Waals surface area contributed by atoms with E-state index in [0.29, 0.717) is 16.5 Å². The van der Waals surface area contributed by atoms with Gasteiger partial charge in [0.2, 0.25) is 0 Å². The molecule has 0 aliphatic heterocycles. The van der Waals surface area contributed by atoms with Gasteiger partial charge in [0.1, 0.15) is 5.69 Å². The highest BCUT2D eigenvalue weighted by atomic mass is 35.5. The fourth-order valence-corrected chi connectivity index (χ4v) is 1.48. The van der Waals surface area contributed by atoms with Crippen molar-refractivity contribution in [3.63, 3.8) is 0 Å². The third-order valence-corrected chi connectivity index (χ3v) is 2.47. The number of rotatable bonds is 3. The van der Waals surface area contributed by atoms with Crippen LogP contribution in [0.3, 0.4) is 0 Å². The topological polar surface area (TPSA) is 92.9 Å². The van der Waals surface area contributed by atoms with Crippen molar-refractivity contribution < 1.29 is 4.79 Å². The van der Waals surface area contributed by atoms with E-state index < -0.39 is 5.91 Å². The van der Waals surface area contributed by atoms with Crippen molar-refractivity contribution in [1.29, 1.82) is 0 Å². The first-order valence-electron chi connectivity index (χ1n) is 5.05. The van der Waals surface area contributed by atoms with Gasteiger partial charge in [-0.1, -0.05) is 23.7 Å². The Kier molecular flexibility index (Phi) is 3.71. The molecule has 0 aliphatic rings. The predicted molar refractivity (Wildman–Crippen MR) is 69.2 cm³/mol. The van der Waals surface area contributed by atoms with Crippen LogP contribution < -0.4 is 16.6 Å². The fourth-order valence-electron chi connectivity index (χ4n) is 1.29. The van der Waals surface area contributed by atoms with Crippen LogP contribution in [0.5, 0.6) is 0 Å². The van der Waals surface area contributed by atoms with E-state index in [4.69, 9.17) is 17.4 Å². The number of nitrogens with zero attached hydrogens (tertiary/aromatic N) is 2. The molecule has 0 aliphatic carbocycles. The summed E-state index contributed by atoms with van der Waals surface area (Å²) in [6, 6.07) is 6.92. The van der Waals surface area contributed by atoms with Crippen LogP contribution in [-0.4, -0.2) is 15.9 Å². The molecule has 18 heavy (non-hydrogen) atoms. The Labute approximate surface area is 108 Å². The van der Waals surface area contributed by atoms with E-state index in [1.807, 2.05) is 0 Å². The van der Waals surface area contributed by atoms with Crippen molar-refractivity contribution in [2.24, 2.45) is 5.84 Å². The monoisotopic (exact) mass is 263 g/mol. The molecule has 1 aromatic heterocycles. The normalized spacial score (nSPS) is 9.89. The van der Waals surface area contributed by atoms with Crippen molar-refractivity contribution in [2.75, 3.05) is 10.7 Å². The second-order valence-corrected chi connectivity index (χ2v) is 3.78. The summed E-state index contributed by atoms with van der Waals surface area (Å²) in [5.74, 6) is 5.09. The number of nitrogens with two attached hydrogens (primary N) is 1. The molecule has 2 rings (SSSR count). The Morgan fingerprint density at radius 3 is 2.78 bits per heavy atom. The van der Waals surface area contributed by atoms with Gasteiger partial charge in [0.15, 0.2) is 5.82 Å². The lowest BCUT2D eigenvalue weighted by Crippen LogP contribution is -2.16. The van der Waals surface area contributed by atoms with Gasteiger partial charge in [0.05, 0.1) is 23.1 Å². The number of nitrogen functional groups attached to an aromatic ring is 1. The molecule has 0 unspecified atom stereocenters. The van der Waals surface area contributed by atoms with Crippen molar-refractivity contribution in [3.05, 3.63) is 47.4 Å². The number of hydrazine groups is 1. The Bertz CT molecular complexity index is 575. The summed E-state index contributed by atoms with van der Waals surface area (Å²) in [5.41, 5.74) is 2.97. The number of aromatic nitrogens is 2. The van der Waals surface area contributed by atoms with Gasteiger partial charge >= 0.3 is 0 Å². The summed E-state index contributed by atoms with van der Waals surface area (Å²) in [7, 11) is 0. The second-order valence-electron chi connectivity index (χ2n) is 3.37. The number of anilines is 2. The number of nitrogens with one attached hydrogen (secondary N) is 2. The largest absolute Gasteiger partial charge is 0.319 e. The minimum absolute atomic E-state index is 0.144. The van der Waals surface area contributed by atoms with Gasteiger partial charge in [0, 0.05) is 0 Å². The highest BCUT2D eigenvalue weighted by Crippen LogP contribution is 2.20. The zero-order chi connectivity index (χ0) is 13.0. The average molecular weight is 264 g/mol. The lowest BCUT2D eigenvalue weighted by molar-refractivity contribution is 0.102. The Morgan fingerprint density at radius 2 is 2.06 bits per heavy atom. The molecule has 1 heterocycles. The van der Waals surface area contributed by atoms with Gasteiger partial charge < -0.3 is 10.7 Å². The van der Waals surface area contributed by atoms with E-state index in [1.165, 1.54) is 12.4 Å². The Balaban J connectivity index is 2.19. The first-order chi connectivity index (χ1) is 8.70. The first kappa shape index (κ1) is 12.3. The van der Waals surface area contributed by atoms with Crippen molar-refractivity contribution >= 4 is 29.0 Å². The highest BCUT2D eigenvalue weighted by Gasteiger charge is 2.10. The van der Waals surface area contributed by atoms with Gasteiger partial charge in [-0.05, 0) is 12.1 Å². The number of benzene rings is 1. The molecule has 2 aromatic rings. The molecule has 4 N–H and O–H groups in total. The number of carbonyl (C=O) groups excluding carboxylic acids is 1. The summed E-state index contributed by atoms with van der Waals surface area (Å²) in [6.07, 6.45) is 2.75. The second kappa shape index (κ2) is 5.44. The van der Waals surface area contributed by atoms with Crippen LogP contribution in [0.2, 0.25) is 5.02 Å². The quantitative estimate of drug-likeness (QED) is 0.579. The summed E-state index contributed by atoms with van der Waals surface area (Å²) in [6.45, 7) is 0. The van der Waals surface area contributed by atoms with Crippen LogP contribution in [0, 0.1) is 0 Å². The van der Waals surface area contributed by atoms with Crippen LogP contribution in [0.1, 0.15) is 10.5 Å². The number of hydrogen-bond donors (Lipinski definition) is 3. The summed E-state index contributed by atoms with van der Waals surface area (Å²) >= 11 is 5.93. The van der Waals surface area contributed by atoms with E-state index >= 15 is 0 Å². The maximum absolute atomic E-state index is 11.9. The summed E-state index contributed by atoms with van der Waals surface area (Å²) in [4.78, 5) is 19.7. The molecule has 0 saturated heterocycles. The third-order valence-electron chi connectivity index (χ3n) is 2.14. The van der Waals surface area contributed by atoms with E-state index in [0.717, 1.165) is 0 Å². The van der Waals surface area contributed by atoms with Crippen molar-refractivity contribution in [2.45, 2.75) is 0 Å². The first-order valence-corrected chi connectivity index (χ1v) is 5.43. The smallest absolute Gasteiger partial charge is 0.275 e. The molecule has 0 atom stereocenters. The molecule has 0 fully saturated rings. The SMILES string of the molecule is NNc1cncc(C(=O)Nc2ccccc2Cl)n1. The summed E-state index contributed by atoms with van der Waals surface area (Å²) < 4.78 is 0. The molecular weight excluding hydrogens is 254 g/mol. The van der Waals surface area contributed by atoms with Crippen molar-refractivity contribution in [1.82, 2.24) is 9.97 Å². The maximum Gasteiger partial charge on any atom is 0.275 e. The molecule has 0 radical (unpaired) electrons. The average Bonchev–Trinajstić information content (AvgIpc) is 2.41. The number of para-hydroxylation sites is 1. The Hall–Kier alpha value is -2.18. The minimum atomic E-state index is -0.410. The standard InChI is InChI=1S/C11H10ClN5O/c12-7-3-1-2-4-8(7)16-11(18)9-5-14-6-10(15-9)17-13/h1-6H,13H2,(H,15,17)(H,16,18). The van der Waals surface area contributed by atoms with Gasteiger partial charge in [-0.25, -0.2) is 10.8 Å². The van der Waals surface area contributed by atoms with Crippen LogP contribution >= 0.6 is 11.6 Å². The Morgan fingerprint density at radius 1 is 1.28 bits per heavy atom. The molecule has 0 spiro atoms. The summed E-state index contributed by atoms with van der Waals surface area (Å²) in [5, 5.41) is 3.09. The maximum atomic E-state index is 11.9. The molecule has 92 valence electrons. The highest BCUT2D eigenvalue weighted by molar-refractivity contribution is 6.33. The molecular formula is C11H10ClN5O. The van der Waals surface area contributed by atoms with Crippen LogP contribution in [0.4, 0.5) is 11.5 Å². The van der Waals surface area contributed by atoms with E-state index in [2.05, 4.69) is 20.7 Å². The zero-order valence-electron chi connectivity index (χ0n) is 9.22. The van der Waals surface area contributed by atoms with E-state index in [9.17, 15) is 4.79 Å². The van der Waals surface area contributed by atoms with Gasteiger partial charge in [-0.3, -0.25) is 9.78 Å². The molecule has 6 nitrogen and oxygen atoms in total. The number of amides is 1. The number of hydrogen-bond acceptors (Lipinski definition) is 5. The minimum Gasteiger partial charge on any atom is -0.319 e. The lowest BCUT2D eigenvalue weighted by Gasteiger charge is -2.06. The van der Waals surface area contributed by atoms with Crippen LogP contribution in [0.25, 0.3) is 0 Å². The van der Waals surface area contributed by atoms with E-state index in [1.54, 1.807) is 24.3 Å². The number of carbonyl (C=O) groups is 1. The lowest BCUT2D eigenvalue weighted by atomic mass is 10.3. The van der Waals surface area contributed by atoms with Crippen molar-refractivity contribution in [3.8, 4) is 0 Å². The van der Waals surface area contributed by atoms with E-state index in [-0.39, 0.29) is 5.69 Å². The third kappa shape index (κ3) is 2.73. The van der Waals surface area contributed by atoms with Crippen LogP contribution in [-0.2, 0) is 0 Å². The van der Waals surface area contributed by atoms with Gasteiger partial charge in [0.25, 0.3) is 5.91 Å².